The lowest BCUT2D eigenvalue weighted by molar-refractivity contribution is 0.416. The van der Waals surface area contributed by atoms with Gasteiger partial charge in [0.1, 0.15) is 5.75 Å². The fraction of sp³-hybridized carbons (Fsp3) is 0.208. The van der Waals surface area contributed by atoms with Crippen LogP contribution >= 0.6 is 0 Å². The van der Waals surface area contributed by atoms with Crippen molar-refractivity contribution in [3.63, 3.8) is 0 Å². The van der Waals surface area contributed by atoms with Crippen LogP contribution in [0.3, 0.4) is 0 Å². The molecule has 0 saturated heterocycles. The van der Waals surface area contributed by atoms with Gasteiger partial charge in [0.2, 0.25) is 0 Å². The van der Waals surface area contributed by atoms with E-state index in [1.165, 1.54) is 0 Å². The van der Waals surface area contributed by atoms with Crippen molar-refractivity contribution < 1.29 is 4.74 Å². The van der Waals surface area contributed by atoms with Crippen molar-refractivity contribution in [2.45, 2.75) is 26.3 Å². The largest absolute Gasteiger partial charge is 0.496 e. The minimum atomic E-state index is 0.0972. The van der Waals surface area contributed by atoms with Crippen molar-refractivity contribution in [1.29, 1.82) is 0 Å². The number of methoxy groups -OCH3 is 1. The highest BCUT2D eigenvalue weighted by Gasteiger charge is 2.13. The first kappa shape index (κ1) is 17.3. The molecule has 27 heavy (non-hydrogen) atoms. The Morgan fingerprint density at radius 2 is 1.63 bits per heavy atom. The number of ether oxygens (including phenoxy) is 1. The number of aromatic nitrogens is 1. The third-order valence-corrected chi connectivity index (χ3v) is 5.13. The molecule has 0 fully saturated rings. The van der Waals surface area contributed by atoms with E-state index in [0.717, 1.165) is 58.1 Å². The van der Waals surface area contributed by atoms with E-state index in [-0.39, 0.29) is 5.43 Å². The average Bonchev–Trinajstić information content (AvgIpc) is 2.73. The molecule has 0 aliphatic rings. The van der Waals surface area contributed by atoms with Gasteiger partial charge in [-0.05, 0) is 42.3 Å². The summed E-state index contributed by atoms with van der Waals surface area (Å²) < 4.78 is 7.82. The highest BCUT2D eigenvalue weighted by molar-refractivity contribution is 5.95. The number of hydrogen-bond acceptors (Lipinski definition) is 2. The number of pyridine rings is 1. The van der Waals surface area contributed by atoms with Crippen LogP contribution < -0.4 is 10.2 Å². The maximum absolute atomic E-state index is 13.0. The molecule has 1 aromatic heterocycles. The molecule has 136 valence electrons. The summed E-state index contributed by atoms with van der Waals surface area (Å²) in [4.78, 5) is 13.0. The second-order valence-corrected chi connectivity index (χ2v) is 6.78. The van der Waals surface area contributed by atoms with E-state index in [2.05, 4.69) is 23.6 Å². The molecule has 0 saturated carbocycles. The van der Waals surface area contributed by atoms with Gasteiger partial charge in [-0.15, -0.1) is 0 Å². The summed E-state index contributed by atoms with van der Waals surface area (Å²) in [6.07, 6.45) is 2.18. The van der Waals surface area contributed by atoms with Gasteiger partial charge in [0.25, 0.3) is 0 Å². The van der Waals surface area contributed by atoms with E-state index in [1.54, 1.807) is 7.11 Å². The highest BCUT2D eigenvalue weighted by atomic mass is 16.5. The normalized spacial score (nSPS) is 11.2. The fourth-order valence-corrected chi connectivity index (χ4v) is 3.73. The zero-order chi connectivity index (χ0) is 18.8. The molecule has 3 nitrogen and oxygen atoms in total. The van der Waals surface area contributed by atoms with Crippen LogP contribution in [-0.2, 0) is 6.54 Å². The van der Waals surface area contributed by atoms with Gasteiger partial charge in [0, 0.05) is 22.9 Å². The maximum Gasteiger partial charge on any atom is 0.197 e. The van der Waals surface area contributed by atoms with Gasteiger partial charge in [0.15, 0.2) is 5.43 Å². The second-order valence-electron chi connectivity index (χ2n) is 6.78. The number of hydrogen-bond donors (Lipinski definition) is 0. The molecular formula is C24H23NO2. The monoisotopic (exact) mass is 357 g/mol. The van der Waals surface area contributed by atoms with E-state index < -0.39 is 0 Å². The Labute approximate surface area is 158 Å². The van der Waals surface area contributed by atoms with Crippen LogP contribution in [0, 0.1) is 0 Å². The summed E-state index contributed by atoms with van der Waals surface area (Å²) in [6.45, 7) is 3.08. The van der Waals surface area contributed by atoms with Gasteiger partial charge in [0.05, 0.1) is 18.1 Å². The summed E-state index contributed by atoms with van der Waals surface area (Å²) in [7, 11) is 1.69. The molecule has 4 rings (SSSR count). The Balaban J connectivity index is 2.05. The van der Waals surface area contributed by atoms with Gasteiger partial charge in [-0.2, -0.15) is 0 Å². The first-order valence-electron chi connectivity index (χ1n) is 9.43. The SMILES string of the molecule is CCCCn1c2ccccc2c(=O)c2ccc(-c3ccccc3OC)cc21. The lowest BCUT2D eigenvalue weighted by atomic mass is 10.0. The molecule has 0 bridgehead atoms. The second kappa shape index (κ2) is 7.28. The van der Waals surface area contributed by atoms with Crippen LogP contribution in [0.5, 0.6) is 5.75 Å². The average molecular weight is 357 g/mol. The molecule has 4 aromatic rings. The molecule has 0 unspecified atom stereocenters. The Kier molecular flexibility index (Phi) is 4.68. The van der Waals surface area contributed by atoms with Gasteiger partial charge in [-0.3, -0.25) is 4.79 Å². The topological polar surface area (TPSA) is 31.2 Å². The number of aryl methyl sites for hydroxylation is 1. The van der Waals surface area contributed by atoms with E-state index in [9.17, 15) is 4.79 Å². The number of para-hydroxylation sites is 2. The molecule has 0 aliphatic heterocycles. The molecule has 3 heteroatoms. The van der Waals surface area contributed by atoms with Crippen molar-refractivity contribution >= 4 is 21.8 Å². The van der Waals surface area contributed by atoms with Crippen molar-refractivity contribution in [3.05, 3.63) is 77.0 Å². The van der Waals surface area contributed by atoms with E-state index >= 15 is 0 Å². The zero-order valence-corrected chi connectivity index (χ0v) is 15.7. The Hall–Kier alpha value is -3.07. The molecule has 0 spiro atoms. The lowest BCUT2D eigenvalue weighted by Crippen LogP contribution is -2.11. The molecule has 0 radical (unpaired) electrons. The number of rotatable bonds is 5. The minimum absolute atomic E-state index is 0.0972. The minimum Gasteiger partial charge on any atom is -0.496 e. The van der Waals surface area contributed by atoms with Crippen LogP contribution in [0.2, 0.25) is 0 Å². The number of unbranched alkanes of at least 4 members (excludes halogenated alkanes) is 1. The predicted octanol–water partition coefficient (Wildman–Crippen LogP) is 5.63. The standard InChI is InChI=1S/C24H23NO2/c1-3-4-15-25-21-11-7-5-10-19(21)24(26)20-14-13-17(16-22(20)25)18-9-6-8-12-23(18)27-2/h5-14,16H,3-4,15H2,1-2H3. The van der Waals surface area contributed by atoms with Crippen molar-refractivity contribution in [2.24, 2.45) is 0 Å². The van der Waals surface area contributed by atoms with Gasteiger partial charge in [-0.25, -0.2) is 0 Å². The Morgan fingerprint density at radius 3 is 2.44 bits per heavy atom. The quantitative estimate of drug-likeness (QED) is 0.433. The predicted molar refractivity (Wildman–Crippen MR) is 113 cm³/mol. The van der Waals surface area contributed by atoms with Crippen molar-refractivity contribution in [1.82, 2.24) is 4.57 Å². The van der Waals surface area contributed by atoms with Crippen LogP contribution in [0.1, 0.15) is 19.8 Å². The number of benzene rings is 3. The van der Waals surface area contributed by atoms with Crippen LogP contribution in [0.25, 0.3) is 32.9 Å². The van der Waals surface area contributed by atoms with E-state index in [1.807, 2.05) is 54.6 Å². The molecule has 3 aromatic carbocycles. The summed E-state index contributed by atoms with van der Waals surface area (Å²) in [6, 6.07) is 22.0. The third-order valence-electron chi connectivity index (χ3n) is 5.13. The highest BCUT2D eigenvalue weighted by Crippen LogP contribution is 2.32. The van der Waals surface area contributed by atoms with Gasteiger partial charge in [-0.1, -0.05) is 49.7 Å². The fourth-order valence-electron chi connectivity index (χ4n) is 3.73. The van der Waals surface area contributed by atoms with E-state index in [4.69, 9.17) is 4.74 Å². The molecule has 1 heterocycles. The van der Waals surface area contributed by atoms with E-state index in [0.29, 0.717) is 0 Å². The zero-order valence-electron chi connectivity index (χ0n) is 15.7. The molecule has 0 aliphatic carbocycles. The molecule has 0 N–H and O–H groups in total. The molecular weight excluding hydrogens is 334 g/mol. The first-order valence-corrected chi connectivity index (χ1v) is 9.43. The third kappa shape index (κ3) is 2.99. The van der Waals surface area contributed by atoms with Crippen LogP contribution in [0.4, 0.5) is 0 Å². The van der Waals surface area contributed by atoms with Crippen molar-refractivity contribution in [2.75, 3.05) is 7.11 Å². The Morgan fingerprint density at radius 1 is 0.889 bits per heavy atom. The van der Waals surface area contributed by atoms with Crippen LogP contribution in [-0.4, -0.2) is 11.7 Å². The van der Waals surface area contributed by atoms with Crippen molar-refractivity contribution in [3.8, 4) is 16.9 Å². The smallest absolute Gasteiger partial charge is 0.197 e. The first-order chi connectivity index (χ1) is 13.2. The molecule has 0 atom stereocenters. The summed E-state index contributed by atoms with van der Waals surface area (Å²) >= 11 is 0. The summed E-state index contributed by atoms with van der Waals surface area (Å²) in [5, 5.41) is 1.55. The number of fused-ring (bicyclic) bond motifs is 2. The van der Waals surface area contributed by atoms with Gasteiger partial charge >= 0.3 is 0 Å². The number of nitrogens with zero attached hydrogens (tertiary/aromatic N) is 1. The molecule has 0 amide bonds. The Bertz CT molecular complexity index is 1170. The summed E-state index contributed by atoms with van der Waals surface area (Å²) in [5.41, 5.74) is 4.17. The summed E-state index contributed by atoms with van der Waals surface area (Å²) in [5.74, 6) is 0.833. The lowest BCUT2D eigenvalue weighted by Gasteiger charge is -2.16. The maximum atomic E-state index is 13.0. The van der Waals surface area contributed by atoms with Crippen LogP contribution in [0.15, 0.2) is 71.5 Å². The van der Waals surface area contributed by atoms with Gasteiger partial charge < -0.3 is 9.30 Å².